The summed E-state index contributed by atoms with van der Waals surface area (Å²) in [6, 6.07) is 16.0. The third kappa shape index (κ3) is 2.64. The number of hydrogen-bond donors (Lipinski definition) is 0. The monoisotopic (exact) mass is 281 g/mol. The van der Waals surface area contributed by atoms with Crippen molar-refractivity contribution in [2.24, 2.45) is 0 Å². The first kappa shape index (κ1) is 13.7. The van der Waals surface area contributed by atoms with Gasteiger partial charge in [0, 0.05) is 11.3 Å². The lowest BCUT2D eigenvalue weighted by Gasteiger charge is -2.22. The highest BCUT2D eigenvalue weighted by Gasteiger charge is 2.28. The van der Waals surface area contributed by atoms with E-state index >= 15 is 0 Å². The largest absolute Gasteiger partial charge is 0.481 e. The quantitative estimate of drug-likeness (QED) is 0.842. The van der Waals surface area contributed by atoms with Crippen molar-refractivity contribution >= 4 is 11.6 Å². The minimum atomic E-state index is -0.473. The maximum atomic E-state index is 12.6. The lowest BCUT2D eigenvalue weighted by Crippen LogP contribution is -2.38. The molecule has 2 aromatic carbocycles. The van der Waals surface area contributed by atoms with Gasteiger partial charge >= 0.3 is 0 Å². The summed E-state index contributed by atoms with van der Waals surface area (Å²) in [5.74, 6) is 0.798. The van der Waals surface area contributed by atoms with Crippen molar-refractivity contribution in [1.29, 1.82) is 0 Å². The van der Waals surface area contributed by atoms with E-state index in [4.69, 9.17) is 4.74 Å². The number of carbonyl (C=O) groups is 1. The van der Waals surface area contributed by atoms with Crippen LogP contribution in [0.4, 0.5) is 5.69 Å². The number of rotatable bonds is 2. The fraction of sp³-hybridized carbons (Fsp3) is 0.278. The second-order valence-electron chi connectivity index (χ2n) is 5.32. The molecule has 1 heterocycles. The van der Waals surface area contributed by atoms with Gasteiger partial charge in [-0.2, -0.15) is 0 Å². The molecule has 0 saturated carbocycles. The van der Waals surface area contributed by atoms with E-state index in [2.05, 4.69) is 19.1 Å². The maximum Gasteiger partial charge on any atom is 0.268 e. The van der Waals surface area contributed by atoms with E-state index in [1.165, 1.54) is 5.56 Å². The lowest BCUT2D eigenvalue weighted by atomic mass is 10.1. The fourth-order valence-corrected chi connectivity index (χ4v) is 2.62. The first-order chi connectivity index (χ1) is 10.2. The number of hydrogen-bond acceptors (Lipinski definition) is 2. The SMILES string of the molecule is CCc1cccc(N2Cc3ccccc3O[C@@H](C)C2=O)c1. The van der Waals surface area contributed by atoms with Gasteiger partial charge in [0.2, 0.25) is 0 Å². The van der Waals surface area contributed by atoms with Crippen molar-refractivity contribution in [3.8, 4) is 5.75 Å². The first-order valence-corrected chi connectivity index (χ1v) is 7.34. The molecule has 1 atom stereocenters. The highest BCUT2D eigenvalue weighted by atomic mass is 16.5. The smallest absolute Gasteiger partial charge is 0.268 e. The van der Waals surface area contributed by atoms with Crippen molar-refractivity contribution in [1.82, 2.24) is 0 Å². The Morgan fingerprint density at radius 2 is 2.00 bits per heavy atom. The van der Waals surface area contributed by atoms with E-state index in [1.807, 2.05) is 41.3 Å². The van der Waals surface area contributed by atoms with Crippen molar-refractivity contribution in [3.05, 3.63) is 59.7 Å². The molecule has 1 aliphatic heterocycles. The average Bonchev–Trinajstić information content (AvgIpc) is 2.65. The minimum Gasteiger partial charge on any atom is -0.481 e. The van der Waals surface area contributed by atoms with Crippen LogP contribution >= 0.6 is 0 Å². The highest BCUT2D eigenvalue weighted by molar-refractivity contribution is 5.97. The summed E-state index contributed by atoms with van der Waals surface area (Å²) in [6.45, 7) is 4.47. The molecule has 0 aromatic heterocycles. The molecule has 0 aliphatic carbocycles. The van der Waals surface area contributed by atoms with Crippen molar-refractivity contribution in [2.75, 3.05) is 4.90 Å². The summed E-state index contributed by atoms with van der Waals surface area (Å²) in [5.41, 5.74) is 3.20. The zero-order chi connectivity index (χ0) is 14.8. The molecule has 0 bridgehead atoms. The van der Waals surface area contributed by atoms with E-state index in [-0.39, 0.29) is 5.91 Å². The summed E-state index contributed by atoms with van der Waals surface area (Å²) < 4.78 is 5.79. The minimum absolute atomic E-state index is 0.000506. The number of fused-ring (bicyclic) bond motifs is 1. The molecule has 2 aromatic rings. The molecule has 21 heavy (non-hydrogen) atoms. The van der Waals surface area contributed by atoms with E-state index in [0.717, 1.165) is 23.4 Å². The third-order valence-electron chi connectivity index (χ3n) is 3.85. The van der Waals surface area contributed by atoms with Gasteiger partial charge in [0.25, 0.3) is 5.91 Å². The zero-order valence-corrected chi connectivity index (χ0v) is 12.4. The molecule has 0 radical (unpaired) electrons. The van der Waals surface area contributed by atoms with Gasteiger partial charge in [0.1, 0.15) is 5.75 Å². The van der Waals surface area contributed by atoms with E-state index in [9.17, 15) is 4.79 Å². The normalized spacial score (nSPS) is 17.9. The molecular formula is C18H19NO2. The molecule has 3 nitrogen and oxygen atoms in total. The predicted molar refractivity (Wildman–Crippen MR) is 83.5 cm³/mol. The van der Waals surface area contributed by atoms with Gasteiger partial charge < -0.3 is 9.64 Å². The van der Waals surface area contributed by atoms with Crippen LogP contribution in [-0.4, -0.2) is 12.0 Å². The molecule has 0 fully saturated rings. The molecule has 108 valence electrons. The van der Waals surface area contributed by atoms with Crippen LogP contribution in [0.5, 0.6) is 5.75 Å². The molecule has 0 N–H and O–H groups in total. The summed E-state index contributed by atoms with van der Waals surface area (Å²) in [5, 5.41) is 0. The number of amides is 1. The topological polar surface area (TPSA) is 29.5 Å². The molecule has 0 spiro atoms. The van der Waals surface area contributed by atoms with Crippen LogP contribution in [0.2, 0.25) is 0 Å². The molecule has 1 amide bonds. The first-order valence-electron chi connectivity index (χ1n) is 7.34. The molecular weight excluding hydrogens is 262 g/mol. The molecule has 3 heteroatoms. The lowest BCUT2D eigenvalue weighted by molar-refractivity contribution is -0.124. The Morgan fingerprint density at radius 3 is 2.81 bits per heavy atom. The van der Waals surface area contributed by atoms with Crippen LogP contribution in [0.3, 0.4) is 0 Å². The Bertz CT molecular complexity index is 666. The van der Waals surface area contributed by atoms with E-state index < -0.39 is 6.10 Å². The summed E-state index contributed by atoms with van der Waals surface area (Å²) in [7, 11) is 0. The van der Waals surface area contributed by atoms with Gasteiger partial charge in [-0.3, -0.25) is 4.79 Å². The van der Waals surface area contributed by atoms with Crippen LogP contribution in [-0.2, 0) is 17.8 Å². The van der Waals surface area contributed by atoms with Crippen molar-refractivity contribution in [2.45, 2.75) is 32.9 Å². The number of aryl methyl sites for hydroxylation is 1. The number of benzene rings is 2. The van der Waals surface area contributed by atoms with Crippen LogP contribution in [0.1, 0.15) is 25.0 Å². The van der Waals surface area contributed by atoms with E-state index in [0.29, 0.717) is 6.54 Å². The van der Waals surface area contributed by atoms with Gasteiger partial charge in [-0.25, -0.2) is 0 Å². The Kier molecular flexibility index (Phi) is 3.65. The molecule has 0 unspecified atom stereocenters. The summed E-state index contributed by atoms with van der Waals surface area (Å²) in [4.78, 5) is 14.4. The fourth-order valence-electron chi connectivity index (χ4n) is 2.62. The highest BCUT2D eigenvalue weighted by Crippen LogP contribution is 2.29. The Hall–Kier alpha value is -2.29. The second kappa shape index (κ2) is 5.60. The van der Waals surface area contributed by atoms with Crippen LogP contribution in [0.15, 0.2) is 48.5 Å². The van der Waals surface area contributed by atoms with Crippen molar-refractivity contribution < 1.29 is 9.53 Å². The van der Waals surface area contributed by atoms with Crippen molar-refractivity contribution in [3.63, 3.8) is 0 Å². The Morgan fingerprint density at radius 1 is 1.19 bits per heavy atom. The van der Waals surface area contributed by atoms with E-state index in [1.54, 1.807) is 6.92 Å². The van der Waals surface area contributed by atoms with Gasteiger partial charge in [0.15, 0.2) is 6.10 Å². The third-order valence-corrected chi connectivity index (χ3v) is 3.85. The standard InChI is InChI=1S/C18H19NO2/c1-3-14-7-6-9-16(11-14)19-12-15-8-4-5-10-17(15)21-13(2)18(19)20/h4-11,13H,3,12H2,1-2H3/t13-/m0/s1. The average molecular weight is 281 g/mol. The summed E-state index contributed by atoms with van der Waals surface area (Å²) >= 11 is 0. The van der Waals surface area contributed by atoms with Crippen LogP contribution in [0.25, 0.3) is 0 Å². The molecule has 3 rings (SSSR count). The second-order valence-corrected chi connectivity index (χ2v) is 5.32. The number of nitrogens with zero attached hydrogens (tertiary/aromatic N) is 1. The molecule has 1 aliphatic rings. The van der Waals surface area contributed by atoms with Crippen LogP contribution in [0, 0.1) is 0 Å². The van der Waals surface area contributed by atoms with Gasteiger partial charge in [-0.15, -0.1) is 0 Å². The number of ether oxygens (including phenoxy) is 1. The zero-order valence-electron chi connectivity index (χ0n) is 12.4. The number of para-hydroxylation sites is 1. The van der Waals surface area contributed by atoms with Gasteiger partial charge in [-0.05, 0) is 37.1 Å². The summed E-state index contributed by atoms with van der Waals surface area (Å²) in [6.07, 6.45) is 0.484. The Balaban J connectivity index is 2.02. The van der Waals surface area contributed by atoms with Gasteiger partial charge in [-0.1, -0.05) is 37.3 Å². The maximum absolute atomic E-state index is 12.6. The molecule has 0 saturated heterocycles. The Labute approximate surface area is 125 Å². The van der Waals surface area contributed by atoms with Crippen LogP contribution < -0.4 is 9.64 Å². The predicted octanol–water partition coefficient (Wildman–Crippen LogP) is 3.56. The number of anilines is 1. The number of carbonyl (C=O) groups excluding carboxylic acids is 1. The van der Waals surface area contributed by atoms with Gasteiger partial charge in [0.05, 0.1) is 6.54 Å².